The first kappa shape index (κ1) is 21.4. The Morgan fingerprint density at radius 3 is 2.46 bits per heavy atom. The highest BCUT2D eigenvalue weighted by molar-refractivity contribution is 5.98. The molecule has 28 heavy (non-hydrogen) atoms. The summed E-state index contributed by atoms with van der Waals surface area (Å²) in [6.45, 7) is 2.69. The lowest BCUT2D eigenvalue weighted by atomic mass is 10.2. The van der Waals surface area contributed by atoms with E-state index in [2.05, 4.69) is 0 Å². The van der Waals surface area contributed by atoms with E-state index >= 15 is 0 Å². The Morgan fingerprint density at radius 2 is 1.79 bits per heavy atom. The van der Waals surface area contributed by atoms with Gasteiger partial charge in [0.05, 0.1) is 13.2 Å². The zero-order valence-corrected chi connectivity index (χ0v) is 16.1. The number of anilines is 1. The molecule has 2 rings (SSSR count). The monoisotopic (exact) mass is 388 g/mol. The van der Waals surface area contributed by atoms with Gasteiger partial charge in [-0.05, 0) is 38.2 Å². The number of rotatable bonds is 10. The van der Waals surface area contributed by atoms with Crippen molar-refractivity contribution in [1.29, 1.82) is 0 Å². The van der Waals surface area contributed by atoms with Crippen molar-refractivity contribution in [3.63, 3.8) is 0 Å². The summed E-state index contributed by atoms with van der Waals surface area (Å²) in [7, 11) is 1.78. The largest absolute Gasteiger partial charge is 0.492 e. The summed E-state index contributed by atoms with van der Waals surface area (Å²) in [5, 5.41) is 0. The first-order valence-electron chi connectivity index (χ1n) is 9.07. The molecule has 0 fully saturated rings. The number of carbonyl (C=O) groups excluding carboxylic acids is 2. The predicted molar refractivity (Wildman–Crippen MR) is 105 cm³/mol. The Morgan fingerprint density at radius 1 is 1.04 bits per heavy atom. The number of likely N-dealkylation sites (N-methyl/N-ethyl adjacent to an activating group) is 1. The lowest BCUT2D eigenvalue weighted by Crippen LogP contribution is -2.43. The molecule has 2 aromatic rings. The van der Waals surface area contributed by atoms with Gasteiger partial charge in [-0.2, -0.15) is 0 Å². The Hall–Kier alpha value is -2.93. The van der Waals surface area contributed by atoms with Gasteiger partial charge in [0.25, 0.3) is 0 Å². The summed E-state index contributed by atoms with van der Waals surface area (Å²) in [4.78, 5) is 27.8. The molecule has 0 atom stereocenters. The van der Waals surface area contributed by atoms with Crippen molar-refractivity contribution in [2.24, 2.45) is 0 Å². The van der Waals surface area contributed by atoms with Crippen LogP contribution in [0, 0.1) is 5.82 Å². The maximum atomic E-state index is 13.2. The molecule has 0 saturated carbocycles. The molecular weight excluding hydrogens is 363 g/mol. The second kappa shape index (κ2) is 11.0. The normalized spacial score (nSPS) is 10.6. The van der Waals surface area contributed by atoms with Crippen LogP contribution in [0.15, 0.2) is 54.6 Å². The van der Waals surface area contributed by atoms with Crippen LogP contribution in [0.3, 0.4) is 0 Å². The van der Waals surface area contributed by atoms with E-state index in [0.717, 1.165) is 0 Å². The van der Waals surface area contributed by atoms with Gasteiger partial charge >= 0.3 is 5.97 Å². The van der Waals surface area contributed by atoms with Crippen LogP contribution >= 0.6 is 0 Å². The summed E-state index contributed by atoms with van der Waals surface area (Å²) in [5.41, 5.74) is 0.630. The number of carbonyl (C=O) groups is 2. The van der Waals surface area contributed by atoms with Crippen LogP contribution in [0.2, 0.25) is 0 Å². The van der Waals surface area contributed by atoms with Crippen LogP contribution in [-0.2, 0) is 14.3 Å². The molecule has 0 spiro atoms. The van der Waals surface area contributed by atoms with Gasteiger partial charge in [-0.15, -0.1) is 0 Å². The predicted octanol–water partition coefficient (Wildman–Crippen LogP) is 2.73. The average Bonchev–Trinajstić information content (AvgIpc) is 2.67. The minimum atomic E-state index is -0.461. The van der Waals surface area contributed by atoms with E-state index in [1.165, 1.54) is 17.0 Å². The minimum absolute atomic E-state index is 0.0980. The zero-order valence-electron chi connectivity index (χ0n) is 16.1. The van der Waals surface area contributed by atoms with Gasteiger partial charge in [-0.25, -0.2) is 4.39 Å². The van der Waals surface area contributed by atoms with Gasteiger partial charge < -0.3 is 14.4 Å². The van der Waals surface area contributed by atoms with Crippen molar-refractivity contribution in [2.45, 2.75) is 6.92 Å². The molecule has 0 aliphatic carbocycles. The topological polar surface area (TPSA) is 59.1 Å². The van der Waals surface area contributed by atoms with Crippen molar-refractivity contribution in [1.82, 2.24) is 4.90 Å². The molecule has 0 unspecified atom stereocenters. The standard InChI is InChI=1S/C21H25FN2O4/c1-3-27-21(26)16-24(18-9-5-4-6-10-18)20(25)15-23(2)12-13-28-19-11-7-8-17(22)14-19/h4-11,14H,3,12-13,15-16H2,1-2H3. The van der Waals surface area contributed by atoms with Crippen molar-refractivity contribution >= 4 is 17.6 Å². The quantitative estimate of drug-likeness (QED) is 0.586. The van der Waals surface area contributed by atoms with Crippen molar-refractivity contribution in [2.75, 3.05) is 44.8 Å². The fourth-order valence-electron chi connectivity index (χ4n) is 2.54. The zero-order chi connectivity index (χ0) is 20.4. The molecule has 7 heteroatoms. The number of nitrogens with zero attached hydrogens (tertiary/aromatic N) is 2. The lowest BCUT2D eigenvalue weighted by Gasteiger charge is -2.25. The molecule has 0 aliphatic heterocycles. The third-order valence-corrected chi connectivity index (χ3v) is 3.90. The van der Waals surface area contributed by atoms with Gasteiger partial charge in [-0.3, -0.25) is 14.5 Å². The third kappa shape index (κ3) is 7.00. The van der Waals surface area contributed by atoms with E-state index in [9.17, 15) is 14.0 Å². The average molecular weight is 388 g/mol. The number of esters is 1. The lowest BCUT2D eigenvalue weighted by molar-refractivity contribution is -0.142. The minimum Gasteiger partial charge on any atom is -0.492 e. The molecule has 0 saturated heterocycles. The number of para-hydroxylation sites is 1. The van der Waals surface area contributed by atoms with Gasteiger partial charge in [0.1, 0.15) is 24.7 Å². The van der Waals surface area contributed by atoms with Gasteiger partial charge in [-0.1, -0.05) is 24.3 Å². The molecule has 150 valence electrons. The van der Waals surface area contributed by atoms with Crippen LogP contribution in [0.25, 0.3) is 0 Å². The van der Waals surface area contributed by atoms with E-state index in [1.807, 2.05) is 6.07 Å². The van der Waals surface area contributed by atoms with Crippen LogP contribution in [0.4, 0.5) is 10.1 Å². The smallest absolute Gasteiger partial charge is 0.326 e. The maximum Gasteiger partial charge on any atom is 0.326 e. The fraction of sp³-hybridized carbons (Fsp3) is 0.333. The number of benzene rings is 2. The fourth-order valence-corrected chi connectivity index (χ4v) is 2.54. The molecule has 0 aliphatic rings. The van der Waals surface area contributed by atoms with E-state index in [1.54, 1.807) is 55.3 Å². The van der Waals surface area contributed by atoms with Crippen molar-refractivity contribution < 1.29 is 23.5 Å². The SMILES string of the molecule is CCOC(=O)CN(C(=O)CN(C)CCOc1cccc(F)c1)c1ccccc1. The van der Waals surface area contributed by atoms with Crippen LogP contribution in [0.1, 0.15) is 6.92 Å². The molecule has 0 radical (unpaired) electrons. The highest BCUT2D eigenvalue weighted by Gasteiger charge is 2.21. The molecule has 0 bridgehead atoms. The highest BCUT2D eigenvalue weighted by atomic mass is 19.1. The highest BCUT2D eigenvalue weighted by Crippen LogP contribution is 2.14. The van der Waals surface area contributed by atoms with Gasteiger partial charge in [0, 0.05) is 18.3 Å². The molecule has 0 heterocycles. The Labute approximate surface area is 164 Å². The Balaban J connectivity index is 1.91. The second-order valence-electron chi connectivity index (χ2n) is 6.16. The first-order valence-corrected chi connectivity index (χ1v) is 9.07. The molecule has 0 N–H and O–H groups in total. The van der Waals surface area contributed by atoms with Crippen molar-refractivity contribution in [3.8, 4) is 5.75 Å². The Bertz CT molecular complexity index is 770. The molecule has 0 aromatic heterocycles. The maximum absolute atomic E-state index is 13.2. The molecule has 2 aromatic carbocycles. The van der Waals surface area contributed by atoms with Crippen molar-refractivity contribution in [3.05, 3.63) is 60.4 Å². The van der Waals surface area contributed by atoms with Crippen LogP contribution < -0.4 is 9.64 Å². The van der Waals surface area contributed by atoms with E-state index in [4.69, 9.17) is 9.47 Å². The van der Waals surface area contributed by atoms with Gasteiger partial charge in [0.15, 0.2) is 0 Å². The number of ether oxygens (including phenoxy) is 2. The molecular formula is C21H25FN2O4. The van der Waals surface area contributed by atoms with Crippen LogP contribution in [-0.4, -0.2) is 56.7 Å². The number of halogens is 1. The number of amides is 1. The summed E-state index contributed by atoms with van der Waals surface area (Å²) in [5.74, 6) is -0.615. The van der Waals surface area contributed by atoms with E-state index in [-0.39, 0.29) is 31.4 Å². The summed E-state index contributed by atoms with van der Waals surface area (Å²) >= 11 is 0. The summed E-state index contributed by atoms with van der Waals surface area (Å²) in [6.07, 6.45) is 0. The number of hydrogen-bond donors (Lipinski definition) is 0. The van der Waals surface area contributed by atoms with Gasteiger partial charge in [0.2, 0.25) is 5.91 Å². The second-order valence-corrected chi connectivity index (χ2v) is 6.16. The summed E-state index contributed by atoms with van der Waals surface area (Å²) in [6, 6.07) is 14.9. The molecule has 1 amide bonds. The first-order chi connectivity index (χ1) is 13.5. The Kier molecular flexibility index (Phi) is 8.42. The van der Waals surface area contributed by atoms with E-state index in [0.29, 0.717) is 24.6 Å². The summed E-state index contributed by atoms with van der Waals surface area (Å²) < 4.78 is 23.6. The van der Waals surface area contributed by atoms with Crippen LogP contribution in [0.5, 0.6) is 5.75 Å². The number of hydrogen-bond acceptors (Lipinski definition) is 5. The third-order valence-electron chi connectivity index (χ3n) is 3.90. The van der Waals surface area contributed by atoms with E-state index < -0.39 is 5.97 Å². The molecule has 6 nitrogen and oxygen atoms in total.